The van der Waals surface area contributed by atoms with E-state index in [1.165, 1.54) is 29.5 Å². The van der Waals surface area contributed by atoms with Crippen LogP contribution >= 0.6 is 0 Å². The monoisotopic (exact) mass is 215 g/mol. The van der Waals surface area contributed by atoms with Crippen LogP contribution in [0.15, 0.2) is 23.2 Å². The number of nitrogens with zero attached hydrogens (tertiary/aromatic N) is 1. The van der Waals surface area contributed by atoms with Crippen molar-refractivity contribution in [2.24, 2.45) is 4.99 Å². The average molecular weight is 215 g/mol. The zero-order chi connectivity index (χ0) is 11.0. The van der Waals surface area contributed by atoms with E-state index in [9.17, 15) is 0 Å². The maximum Gasteiger partial charge on any atom is 0.191 e. The normalized spacial score (nSPS) is 22.6. The molecule has 1 heterocycles. The molecule has 16 heavy (non-hydrogen) atoms. The van der Waals surface area contributed by atoms with Gasteiger partial charge in [0.2, 0.25) is 0 Å². The van der Waals surface area contributed by atoms with Crippen LogP contribution in [0.5, 0.6) is 0 Å². The van der Waals surface area contributed by atoms with Crippen LogP contribution in [0.2, 0.25) is 0 Å². The van der Waals surface area contributed by atoms with Gasteiger partial charge < -0.3 is 10.6 Å². The number of guanidine groups is 1. The quantitative estimate of drug-likeness (QED) is 0.745. The first-order valence-corrected chi connectivity index (χ1v) is 5.98. The lowest BCUT2D eigenvalue weighted by molar-refractivity contribution is 0.631. The summed E-state index contributed by atoms with van der Waals surface area (Å²) in [6, 6.07) is 7.03. The van der Waals surface area contributed by atoms with E-state index in [0.29, 0.717) is 6.04 Å². The van der Waals surface area contributed by atoms with Crippen molar-refractivity contribution in [1.29, 1.82) is 0 Å². The summed E-state index contributed by atoms with van der Waals surface area (Å²) in [6.07, 6.45) is 2.37. The molecule has 0 spiro atoms. The van der Waals surface area contributed by atoms with Crippen LogP contribution in [-0.4, -0.2) is 19.0 Å². The molecule has 2 N–H and O–H groups in total. The summed E-state index contributed by atoms with van der Waals surface area (Å²) in [5.41, 5.74) is 4.40. The lowest BCUT2D eigenvalue weighted by Gasteiger charge is -2.15. The van der Waals surface area contributed by atoms with Gasteiger partial charge in [0.15, 0.2) is 5.96 Å². The minimum absolute atomic E-state index is 0.444. The molecule has 3 rings (SSSR count). The molecule has 0 unspecified atom stereocenters. The molecule has 0 aromatic heterocycles. The van der Waals surface area contributed by atoms with E-state index in [0.717, 1.165) is 19.0 Å². The van der Waals surface area contributed by atoms with Crippen molar-refractivity contribution in [3.8, 4) is 0 Å². The van der Waals surface area contributed by atoms with E-state index in [4.69, 9.17) is 0 Å². The topological polar surface area (TPSA) is 36.4 Å². The van der Waals surface area contributed by atoms with Crippen molar-refractivity contribution in [2.45, 2.75) is 25.8 Å². The summed E-state index contributed by atoms with van der Waals surface area (Å²) in [4.78, 5) is 4.39. The largest absolute Gasteiger partial charge is 0.355 e. The Balaban J connectivity index is 1.83. The fourth-order valence-corrected chi connectivity index (χ4v) is 2.65. The second-order valence-corrected chi connectivity index (χ2v) is 4.54. The second kappa shape index (κ2) is 3.81. The van der Waals surface area contributed by atoms with Gasteiger partial charge in [0, 0.05) is 6.54 Å². The SMILES string of the molecule is Cc1cccc2c1CC[C@H]2NC1=NCCN1. The van der Waals surface area contributed by atoms with Gasteiger partial charge in [-0.25, -0.2) is 0 Å². The average Bonchev–Trinajstić information content (AvgIpc) is 2.90. The van der Waals surface area contributed by atoms with Crippen LogP contribution in [0.4, 0.5) is 0 Å². The molecule has 1 aliphatic carbocycles. The van der Waals surface area contributed by atoms with Crippen LogP contribution in [0.25, 0.3) is 0 Å². The van der Waals surface area contributed by atoms with Gasteiger partial charge in [-0.05, 0) is 36.5 Å². The summed E-state index contributed by atoms with van der Waals surface area (Å²) in [7, 11) is 0. The fraction of sp³-hybridized carbons (Fsp3) is 0.462. The van der Waals surface area contributed by atoms with Crippen LogP contribution in [-0.2, 0) is 6.42 Å². The number of rotatable bonds is 1. The van der Waals surface area contributed by atoms with Gasteiger partial charge in [-0.3, -0.25) is 4.99 Å². The lowest BCUT2D eigenvalue weighted by Crippen LogP contribution is -2.35. The van der Waals surface area contributed by atoms with Gasteiger partial charge in [-0.15, -0.1) is 0 Å². The summed E-state index contributed by atoms with van der Waals surface area (Å²) < 4.78 is 0. The number of fused-ring (bicyclic) bond motifs is 1. The van der Waals surface area contributed by atoms with Crippen molar-refractivity contribution >= 4 is 5.96 Å². The van der Waals surface area contributed by atoms with Crippen LogP contribution in [0, 0.1) is 6.92 Å². The summed E-state index contributed by atoms with van der Waals surface area (Å²) in [5.74, 6) is 0.972. The number of nitrogens with one attached hydrogen (secondary N) is 2. The van der Waals surface area contributed by atoms with Gasteiger partial charge in [-0.1, -0.05) is 18.2 Å². The molecule has 0 radical (unpaired) electrons. The molecule has 1 atom stereocenters. The third kappa shape index (κ3) is 1.56. The maximum absolute atomic E-state index is 4.39. The predicted molar refractivity (Wildman–Crippen MR) is 65.7 cm³/mol. The molecule has 3 nitrogen and oxygen atoms in total. The third-order valence-electron chi connectivity index (χ3n) is 3.49. The molecule has 2 aliphatic rings. The highest BCUT2D eigenvalue weighted by molar-refractivity contribution is 5.81. The van der Waals surface area contributed by atoms with E-state index >= 15 is 0 Å². The summed E-state index contributed by atoms with van der Waals surface area (Å²) >= 11 is 0. The van der Waals surface area contributed by atoms with E-state index in [1.807, 2.05) is 0 Å². The first-order chi connectivity index (χ1) is 7.84. The van der Waals surface area contributed by atoms with Crippen LogP contribution in [0.3, 0.4) is 0 Å². The van der Waals surface area contributed by atoms with E-state index in [-0.39, 0.29) is 0 Å². The van der Waals surface area contributed by atoms with Gasteiger partial charge in [-0.2, -0.15) is 0 Å². The molecule has 1 aromatic rings. The molecule has 0 amide bonds. The number of aryl methyl sites for hydroxylation is 1. The number of benzene rings is 1. The Morgan fingerprint density at radius 2 is 2.38 bits per heavy atom. The third-order valence-corrected chi connectivity index (χ3v) is 3.49. The molecule has 1 aliphatic heterocycles. The molecule has 3 heteroatoms. The first kappa shape index (κ1) is 9.70. The Morgan fingerprint density at radius 1 is 1.44 bits per heavy atom. The Hall–Kier alpha value is -1.51. The lowest BCUT2D eigenvalue weighted by atomic mass is 10.0. The molecule has 84 valence electrons. The van der Waals surface area contributed by atoms with Crippen molar-refractivity contribution in [2.75, 3.05) is 13.1 Å². The summed E-state index contributed by atoms with van der Waals surface area (Å²) in [6.45, 7) is 4.07. The smallest absolute Gasteiger partial charge is 0.191 e. The Bertz CT molecular complexity index is 437. The number of hydrogen-bond acceptors (Lipinski definition) is 3. The van der Waals surface area contributed by atoms with E-state index in [1.54, 1.807) is 0 Å². The first-order valence-electron chi connectivity index (χ1n) is 5.98. The Morgan fingerprint density at radius 3 is 3.19 bits per heavy atom. The molecular weight excluding hydrogens is 198 g/mol. The minimum Gasteiger partial charge on any atom is -0.355 e. The predicted octanol–water partition coefficient (Wildman–Crippen LogP) is 1.53. The molecular formula is C13H17N3. The van der Waals surface area contributed by atoms with Gasteiger partial charge in [0.25, 0.3) is 0 Å². The molecule has 0 fully saturated rings. The highest BCUT2D eigenvalue weighted by atomic mass is 15.2. The Kier molecular flexibility index (Phi) is 2.31. The maximum atomic E-state index is 4.39. The molecule has 1 aromatic carbocycles. The molecule has 0 saturated carbocycles. The van der Waals surface area contributed by atoms with Crippen molar-refractivity contribution < 1.29 is 0 Å². The fourth-order valence-electron chi connectivity index (χ4n) is 2.65. The zero-order valence-electron chi connectivity index (χ0n) is 9.59. The van der Waals surface area contributed by atoms with Crippen LogP contribution < -0.4 is 10.6 Å². The van der Waals surface area contributed by atoms with Gasteiger partial charge in [0.1, 0.15) is 0 Å². The van der Waals surface area contributed by atoms with Crippen LogP contribution in [0.1, 0.15) is 29.2 Å². The highest BCUT2D eigenvalue weighted by Gasteiger charge is 2.24. The number of hydrogen-bond donors (Lipinski definition) is 2. The minimum atomic E-state index is 0.444. The van der Waals surface area contributed by atoms with Crippen molar-refractivity contribution in [3.63, 3.8) is 0 Å². The standard InChI is InChI=1S/C13H17N3/c1-9-3-2-4-11-10(9)5-6-12(11)16-13-14-7-8-15-13/h2-4,12H,5-8H2,1H3,(H2,14,15,16)/t12-/m1/s1. The van der Waals surface area contributed by atoms with Crippen molar-refractivity contribution in [1.82, 2.24) is 10.6 Å². The second-order valence-electron chi connectivity index (χ2n) is 4.54. The van der Waals surface area contributed by atoms with E-state index < -0.39 is 0 Å². The van der Waals surface area contributed by atoms with Gasteiger partial charge >= 0.3 is 0 Å². The number of aliphatic imine (C=N–C) groups is 1. The molecule has 0 bridgehead atoms. The van der Waals surface area contributed by atoms with Crippen molar-refractivity contribution in [3.05, 3.63) is 34.9 Å². The molecule has 0 saturated heterocycles. The summed E-state index contributed by atoms with van der Waals surface area (Å²) in [5, 5.41) is 6.77. The van der Waals surface area contributed by atoms with E-state index in [2.05, 4.69) is 40.7 Å². The highest BCUT2D eigenvalue weighted by Crippen LogP contribution is 2.32. The van der Waals surface area contributed by atoms with Gasteiger partial charge in [0.05, 0.1) is 12.6 Å². The Labute approximate surface area is 96.0 Å². The zero-order valence-corrected chi connectivity index (χ0v) is 9.59.